The Morgan fingerprint density at radius 3 is 2.77 bits per heavy atom. The minimum atomic E-state index is -1.79. The summed E-state index contributed by atoms with van der Waals surface area (Å²) in [7, 11) is 0. The summed E-state index contributed by atoms with van der Waals surface area (Å²) in [6, 6.07) is -0.752. The molecule has 1 N–H and O–H groups in total. The Morgan fingerprint density at radius 1 is 1.50 bits per heavy atom. The average molecular weight is 399 g/mol. The Labute approximate surface area is 157 Å². The van der Waals surface area contributed by atoms with Crippen LogP contribution < -0.4 is 4.90 Å². The van der Waals surface area contributed by atoms with Crippen LogP contribution in [-0.2, 0) is 23.9 Å². The number of fused-ring (bicyclic) bond motifs is 1. The molecule has 9 nitrogen and oxygen atoms in total. The van der Waals surface area contributed by atoms with Crippen molar-refractivity contribution in [1.82, 2.24) is 9.88 Å². The number of aliphatic carboxylic acids is 1. The molecule has 11 heteroatoms. The molecule has 3 atom stereocenters. The smallest absolute Gasteiger partial charge is 0.326 e. The number of rotatable bonds is 5. The first-order valence-electron chi connectivity index (χ1n) is 7.85. The van der Waals surface area contributed by atoms with E-state index < -0.39 is 34.7 Å². The van der Waals surface area contributed by atoms with Gasteiger partial charge in [-0.3, -0.25) is 24.1 Å². The molecule has 140 valence electrons. The number of hydrogen-bond donors (Lipinski definition) is 1. The second-order valence-corrected chi connectivity index (χ2v) is 7.90. The second-order valence-electron chi connectivity index (χ2n) is 5.92. The third-order valence-electron chi connectivity index (χ3n) is 4.37. The number of β-lactam (4-membered cyclic amide) rings is 1. The van der Waals surface area contributed by atoms with E-state index in [1.54, 1.807) is 18.5 Å². The quantitative estimate of drug-likeness (QED) is 0.430. The van der Waals surface area contributed by atoms with Crippen molar-refractivity contribution in [2.24, 2.45) is 5.41 Å². The summed E-state index contributed by atoms with van der Waals surface area (Å²) in [5.74, 6) is -2.92. The van der Waals surface area contributed by atoms with Crippen LogP contribution in [0.25, 0.3) is 0 Å². The molecule has 26 heavy (non-hydrogen) atoms. The van der Waals surface area contributed by atoms with Crippen molar-refractivity contribution in [3.05, 3.63) is 11.6 Å². The van der Waals surface area contributed by atoms with E-state index in [0.29, 0.717) is 5.13 Å². The maximum absolute atomic E-state index is 12.7. The lowest BCUT2D eigenvalue weighted by atomic mass is 9.87. The number of thioether (sulfide) groups is 1. The SMILES string of the molecule is CCOC(=O)C1(C(=O)O)CS[C@@H]2C(N(C(C)=O)c3nccs3)C(=O)N2C1. The van der Waals surface area contributed by atoms with Crippen molar-refractivity contribution in [2.45, 2.75) is 25.3 Å². The first-order valence-corrected chi connectivity index (χ1v) is 9.78. The number of nitrogens with zero attached hydrogens (tertiary/aromatic N) is 3. The number of carboxylic acids is 1. The van der Waals surface area contributed by atoms with E-state index in [-0.39, 0.29) is 24.8 Å². The Bertz CT molecular complexity index is 755. The molecular weight excluding hydrogens is 382 g/mol. The van der Waals surface area contributed by atoms with E-state index in [1.807, 2.05) is 0 Å². The van der Waals surface area contributed by atoms with Gasteiger partial charge in [-0.2, -0.15) is 0 Å². The number of anilines is 1. The lowest BCUT2D eigenvalue weighted by molar-refractivity contribution is -0.172. The average Bonchev–Trinajstić information content (AvgIpc) is 3.12. The van der Waals surface area contributed by atoms with Gasteiger partial charge in [-0.25, -0.2) is 4.98 Å². The van der Waals surface area contributed by atoms with E-state index in [4.69, 9.17) is 4.74 Å². The van der Waals surface area contributed by atoms with Crippen molar-refractivity contribution >= 4 is 52.0 Å². The van der Waals surface area contributed by atoms with E-state index in [9.17, 15) is 24.3 Å². The second kappa shape index (κ2) is 6.88. The molecule has 0 saturated carbocycles. The molecule has 3 heterocycles. The summed E-state index contributed by atoms with van der Waals surface area (Å²) in [4.78, 5) is 55.5. The van der Waals surface area contributed by atoms with Crippen molar-refractivity contribution in [2.75, 3.05) is 23.8 Å². The highest BCUT2D eigenvalue weighted by Gasteiger charge is 2.62. The van der Waals surface area contributed by atoms with Crippen LogP contribution >= 0.6 is 23.1 Å². The number of aromatic nitrogens is 1. The van der Waals surface area contributed by atoms with Gasteiger partial charge < -0.3 is 14.7 Å². The molecule has 2 saturated heterocycles. The van der Waals surface area contributed by atoms with E-state index in [0.717, 1.165) is 11.8 Å². The number of esters is 1. The van der Waals surface area contributed by atoms with Crippen molar-refractivity contribution in [1.29, 1.82) is 0 Å². The fourth-order valence-electron chi connectivity index (χ4n) is 3.05. The maximum atomic E-state index is 12.7. The number of carboxylic acid groups (broad SMARTS) is 1. The van der Waals surface area contributed by atoms with Crippen LogP contribution in [0.4, 0.5) is 5.13 Å². The zero-order valence-corrected chi connectivity index (χ0v) is 15.7. The molecule has 0 spiro atoms. The monoisotopic (exact) mass is 399 g/mol. The molecule has 1 aromatic heterocycles. The van der Waals surface area contributed by atoms with Crippen LogP contribution in [0.5, 0.6) is 0 Å². The van der Waals surface area contributed by atoms with E-state index >= 15 is 0 Å². The van der Waals surface area contributed by atoms with Gasteiger partial charge in [0.1, 0.15) is 11.4 Å². The number of amides is 2. The van der Waals surface area contributed by atoms with E-state index in [1.165, 1.54) is 28.1 Å². The Hall–Kier alpha value is -2.14. The molecular formula is C15H17N3O6S2. The van der Waals surface area contributed by atoms with Gasteiger partial charge in [0.25, 0.3) is 0 Å². The Kier molecular flexibility index (Phi) is 4.93. The predicted molar refractivity (Wildman–Crippen MR) is 93.7 cm³/mol. The fourth-order valence-corrected chi connectivity index (χ4v) is 5.34. The van der Waals surface area contributed by atoms with Gasteiger partial charge >= 0.3 is 11.9 Å². The molecule has 2 aliphatic rings. The number of ether oxygens (including phenoxy) is 1. The molecule has 3 rings (SSSR count). The molecule has 0 aliphatic carbocycles. The summed E-state index contributed by atoms with van der Waals surface area (Å²) in [6.45, 7) is 2.74. The van der Waals surface area contributed by atoms with Crippen molar-refractivity contribution < 1.29 is 29.0 Å². The third kappa shape index (κ3) is 2.75. The van der Waals surface area contributed by atoms with E-state index in [2.05, 4.69) is 4.98 Å². The highest BCUT2D eigenvalue weighted by Crippen LogP contribution is 2.45. The lowest BCUT2D eigenvalue weighted by Crippen LogP contribution is -2.75. The van der Waals surface area contributed by atoms with Crippen LogP contribution in [0.2, 0.25) is 0 Å². The van der Waals surface area contributed by atoms with Crippen LogP contribution in [-0.4, -0.2) is 69.1 Å². The topological polar surface area (TPSA) is 117 Å². The van der Waals surface area contributed by atoms with Gasteiger partial charge in [-0.1, -0.05) is 0 Å². The first-order chi connectivity index (χ1) is 12.3. The number of carbonyl (C=O) groups is 4. The van der Waals surface area contributed by atoms with Gasteiger partial charge in [-0.15, -0.1) is 23.1 Å². The molecule has 2 aliphatic heterocycles. The van der Waals surface area contributed by atoms with Crippen LogP contribution in [0, 0.1) is 5.41 Å². The largest absolute Gasteiger partial charge is 0.480 e. The maximum Gasteiger partial charge on any atom is 0.326 e. The van der Waals surface area contributed by atoms with Crippen LogP contribution in [0.1, 0.15) is 13.8 Å². The molecule has 0 radical (unpaired) electrons. The summed E-state index contributed by atoms with van der Waals surface area (Å²) in [5.41, 5.74) is -1.79. The summed E-state index contributed by atoms with van der Waals surface area (Å²) in [6.07, 6.45) is 1.54. The highest BCUT2D eigenvalue weighted by atomic mass is 32.2. The standard InChI is InChI=1S/C15H17N3O6S2/c1-3-24-13(23)15(12(21)22)6-17-10(20)9(11(17)26-7-15)18(8(2)19)14-16-4-5-25-14/h4-5,9,11H,3,6-7H2,1-2H3,(H,21,22)/t9?,11-,15?/m1/s1. The number of thiazole rings is 1. The summed E-state index contributed by atoms with van der Waals surface area (Å²) in [5, 5.41) is 11.3. The van der Waals surface area contributed by atoms with Crippen molar-refractivity contribution in [3.63, 3.8) is 0 Å². The van der Waals surface area contributed by atoms with Gasteiger partial charge in [0, 0.05) is 30.8 Å². The number of carbonyl (C=O) groups excluding carboxylic acids is 3. The summed E-state index contributed by atoms with van der Waals surface area (Å²) >= 11 is 2.40. The summed E-state index contributed by atoms with van der Waals surface area (Å²) < 4.78 is 4.92. The van der Waals surface area contributed by atoms with Gasteiger partial charge in [0.15, 0.2) is 10.5 Å². The van der Waals surface area contributed by atoms with Gasteiger partial charge in [-0.05, 0) is 6.92 Å². The lowest BCUT2D eigenvalue weighted by Gasteiger charge is -2.54. The molecule has 1 aromatic rings. The minimum Gasteiger partial charge on any atom is -0.480 e. The zero-order chi connectivity index (χ0) is 19.1. The molecule has 2 unspecified atom stereocenters. The molecule has 0 bridgehead atoms. The van der Waals surface area contributed by atoms with Crippen LogP contribution in [0.15, 0.2) is 11.6 Å². The van der Waals surface area contributed by atoms with Crippen molar-refractivity contribution in [3.8, 4) is 0 Å². The number of hydrogen-bond acceptors (Lipinski definition) is 8. The zero-order valence-electron chi connectivity index (χ0n) is 14.1. The third-order valence-corrected chi connectivity index (χ3v) is 6.66. The highest BCUT2D eigenvalue weighted by molar-refractivity contribution is 8.00. The Morgan fingerprint density at radius 2 is 2.23 bits per heavy atom. The van der Waals surface area contributed by atoms with Crippen LogP contribution in [0.3, 0.4) is 0 Å². The Balaban J connectivity index is 1.84. The first kappa shape index (κ1) is 18.6. The normalized spacial score (nSPS) is 27.3. The minimum absolute atomic E-state index is 0.0320. The molecule has 2 amide bonds. The molecule has 0 aromatic carbocycles. The fraction of sp³-hybridized carbons (Fsp3) is 0.533. The van der Waals surface area contributed by atoms with Gasteiger partial charge in [0.2, 0.25) is 11.8 Å². The molecule has 2 fully saturated rings. The predicted octanol–water partition coefficient (Wildman–Crippen LogP) is 0.414. The van der Waals surface area contributed by atoms with Gasteiger partial charge in [0.05, 0.1) is 6.61 Å².